The Kier molecular flexibility index (Phi) is 4.74. The molecule has 110 valence electrons. The minimum Gasteiger partial charge on any atom is -0.339 e. The van der Waals surface area contributed by atoms with Crippen LogP contribution >= 0.6 is 11.6 Å². The van der Waals surface area contributed by atoms with Crippen LogP contribution in [-0.4, -0.2) is 23.9 Å². The fourth-order valence-corrected chi connectivity index (χ4v) is 3.05. The summed E-state index contributed by atoms with van der Waals surface area (Å²) in [6, 6.07) is 7.63. The maximum absolute atomic E-state index is 12.4. The molecule has 0 unspecified atom stereocenters. The maximum Gasteiger partial charge on any atom is 0.253 e. The number of nitrogens with zero attached hydrogens (tertiary/aromatic N) is 1. The summed E-state index contributed by atoms with van der Waals surface area (Å²) in [5.74, 6) is 1.36. The minimum atomic E-state index is 0.151. The molecule has 0 saturated carbocycles. The van der Waals surface area contributed by atoms with Crippen molar-refractivity contribution < 1.29 is 4.79 Å². The van der Waals surface area contributed by atoms with Crippen molar-refractivity contribution >= 4 is 17.5 Å². The Bertz CT molecular complexity index is 453. The molecule has 1 fully saturated rings. The Morgan fingerprint density at radius 2 is 1.75 bits per heavy atom. The van der Waals surface area contributed by atoms with Crippen LogP contribution in [0.3, 0.4) is 0 Å². The second-order valence-corrected chi connectivity index (χ2v) is 7.03. The Hall–Kier alpha value is -1.02. The average molecular weight is 294 g/mol. The molecular weight excluding hydrogens is 270 g/mol. The standard InChI is InChI=1S/C17H24ClNO/c1-17(2,3)15-8-10-19(11-9-15)16(20)14-6-4-13(12-18)5-7-14/h4-7,15H,8-12H2,1-3H3. The summed E-state index contributed by atoms with van der Waals surface area (Å²) in [7, 11) is 0. The number of amides is 1. The third kappa shape index (κ3) is 3.54. The smallest absolute Gasteiger partial charge is 0.253 e. The van der Waals surface area contributed by atoms with E-state index in [1.54, 1.807) is 0 Å². The van der Waals surface area contributed by atoms with Crippen molar-refractivity contribution in [1.82, 2.24) is 4.90 Å². The zero-order chi connectivity index (χ0) is 14.8. The molecule has 0 aromatic heterocycles. The van der Waals surface area contributed by atoms with Gasteiger partial charge >= 0.3 is 0 Å². The molecule has 1 heterocycles. The molecule has 0 aliphatic carbocycles. The van der Waals surface area contributed by atoms with Crippen LogP contribution in [0.4, 0.5) is 0 Å². The van der Waals surface area contributed by atoms with Crippen molar-refractivity contribution in [3.63, 3.8) is 0 Å². The Morgan fingerprint density at radius 3 is 2.20 bits per heavy atom. The van der Waals surface area contributed by atoms with E-state index in [-0.39, 0.29) is 5.91 Å². The molecular formula is C17H24ClNO. The predicted molar refractivity (Wildman–Crippen MR) is 84.1 cm³/mol. The van der Waals surface area contributed by atoms with Gasteiger partial charge in [-0.3, -0.25) is 4.79 Å². The van der Waals surface area contributed by atoms with Crippen LogP contribution in [0.25, 0.3) is 0 Å². The van der Waals surface area contributed by atoms with E-state index in [1.165, 1.54) is 0 Å². The SMILES string of the molecule is CC(C)(C)C1CCN(C(=O)c2ccc(CCl)cc2)CC1. The summed E-state index contributed by atoms with van der Waals surface area (Å²) in [4.78, 5) is 14.4. The number of carbonyl (C=O) groups is 1. The van der Waals surface area contributed by atoms with Crippen molar-refractivity contribution in [1.29, 1.82) is 0 Å². The molecule has 1 aromatic carbocycles. The van der Waals surface area contributed by atoms with Gasteiger partial charge in [0.2, 0.25) is 0 Å². The third-order valence-corrected chi connectivity index (χ3v) is 4.67. The van der Waals surface area contributed by atoms with Crippen molar-refractivity contribution in [2.75, 3.05) is 13.1 Å². The first-order chi connectivity index (χ1) is 9.41. The summed E-state index contributed by atoms with van der Waals surface area (Å²) < 4.78 is 0. The first kappa shape index (κ1) is 15.4. The lowest BCUT2D eigenvalue weighted by molar-refractivity contribution is 0.0609. The van der Waals surface area contributed by atoms with E-state index in [1.807, 2.05) is 29.2 Å². The van der Waals surface area contributed by atoms with Crippen LogP contribution in [0.1, 0.15) is 49.5 Å². The number of likely N-dealkylation sites (tertiary alicyclic amines) is 1. The van der Waals surface area contributed by atoms with Gasteiger partial charge in [-0.2, -0.15) is 0 Å². The lowest BCUT2D eigenvalue weighted by Crippen LogP contribution is -2.41. The molecule has 1 saturated heterocycles. The number of hydrogen-bond donors (Lipinski definition) is 0. The monoisotopic (exact) mass is 293 g/mol. The molecule has 1 aliphatic heterocycles. The maximum atomic E-state index is 12.4. The van der Waals surface area contributed by atoms with E-state index in [0.717, 1.165) is 37.1 Å². The zero-order valence-electron chi connectivity index (χ0n) is 12.7. The molecule has 20 heavy (non-hydrogen) atoms. The molecule has 0 spiro atoms. The molecule has 3 heteroatoms. The van der Waals surface area contributed by atoms with E-state index < -0.39 is 0 Å². The van der Waals surface area contributed by atoms with Gasteiger partial charge in [0.25, 0.3) is 5.91 Å². The van der Waals surface area contributed by atoms with E-state index in [9.17, 15) is 4.79 Å². The molecule has 2 rings (SSSR count). The van der Waals surface area contributed by atoms with Crippen LogP contribution in [0, 0.1) is 11.3 Å². The second kappa shape index (κ2) is 6.17. The van der Waals surface area contributed by atoms with Gasteiger partial charge in [0, 0.05) is 24.5 Å². The normalized spacial score (nSPS) is 17.3. The van der Waals surface area contributed by atoms with Crippen LogP contribution < -0.4 is 0 Å². The first-order valence-electron chi connectivity index (χ1n) is 7.36. The summed E-state index contributed by atoms with van der Waals surface area (Å²) in [6.45, 7) is 8.62. The summed E-state index contributed by atoms with van der Waals surface area (Å²) in [6.07, 6.45) is 2.21. The van der Waals surface area contributed by atoms with E-state index in [4.69, 9.17) is 11.6 Å². The first-order valence-corrected chi connectivity index (χ1v) is 7.89. The van der Waals surface area contributed by atoms with Crippen LogP contribution in [-0.2, 0) is 5.88 Å². The Labute approximate surface area is 127 Å². The molecule has 1 aliphatic rings. The molecule has 0 atom stereocenters. The van der Waals surface area contributed by atoms with Crippen molar-refractivity contribution in [2.24, 2.45) is 11.3 Å². The fourth-order valence-electron chi connectivity index (χ4n) is 2.87. The van der Waals surface area contributed by atoms with Crippen LogP contribution in [0.2, 0.25) is 0 Å². The Balaban J connectivity index is 1.97. The van der Waals surface area contributed by atoms with E-state index in [2.05, 4.69) is 20.8 Å². The van der Waals surface area contributed by atoms with E-state index in [0.29, 0.717) is 17.2 Å². The largest absolute Gasteiger partial charge is 0.339 e. The van der Waals surface area contributed by atoms with Gasteiger partial charge in [0.05, 0.1) is 0 Å². The quantitative estimate of drug-likeness (QED) is 0.744. The number of halogens is 1. The molecule has 1 aromatic rings. The van der Waals surface area contributed by atoms with Gasteiger partial charge in [0.1, 0.15) is 0 Å². The van der Waals surface area contributed by atoms with Crippen molar-refractivity contribution in [2.45, 2.75) is 39.5 Å². The number of carbonyl (C=O) groups excluding carboxylic acids is 1. The highest BCUT2D eigenvalue weighted by molar-refractivity contribution is 6.17. The second-order valence-electron chi connectivity index (χ2n) is 6.76. The topological polar surface area (TPSA) is 20.3 Å². The summed E-state index contributed by atoms with van der Waals surface area (Å²) in [5.41, 5.74) is 2.17. The van der Waals surface area contributed by atoms with Crippen molar-refractivity contribution in [3.05, 3.63) is 35.4 Å². The summed E-state index contributed by atoms with van der Waals surface area (Å²) in [5, 5.41) is 0. The number of alkyl halides is 1. The van der Waals surface area contributed by atoms with Crippen molar-refractivity contribution in [3.8, 4) is 0 Å². The van der Waals surface area contributed by atoms with E-state index >= 15 is 0 Å². The minimum absolute atomic E-state index is 0.151. The van der Waals surface area contributed by atoms with Gasteiger partial charge in [-0.25, -0.2) is 0 Å². The molecule has 0 radical (unpaired) electrons. The van der Waals surface area contributed by atoms with Gasteiger partial charge in [-0.1, -0.05) is 32.9 Å². The zero-order valence-corrected chi connectivity index (χ0v) is 13.4. The average Bonchev–Trinajstić information content (AvgIpc) is 2.46. The molecule has 0 bridgehead atoms. The summed E-state index contributed by atoms with van der Waals surface area (Å²) >= 11 is 5.77. The fraction of sp³-hybridized carbons (Fsp3) is 0.588. The lowest BCUT2D eigenvalue weighted by atomic mass is 9.75. The van der Waals surface area contributed by atoms with Crippen LogP contribution in [0.5, 0.6) is 0 Å². The highest BCUT2D eigenvalue weighted by atomic mass is 35.5. The lowest BCUT2D eigenvalue weighted by Gasteiger charge is -2.38. The highest BCUT2D eigenvalue weighted by Crippen LogP contribution is 2.34. The highest BCUT2D eigenvalue weighted by Gasteiger charge is 2.30. The van der Waals surface area contributed by atoms with Gasteiger partial charge in [-0.05, 0) is 41.9 Å². The third-order valence-electron chi connectivity index (χ3n) is 4.36. The molecule has 0 N–H and O–H groups in total. The van der Waals surface area contributed by atoms with Crippen LogP contribution in [0.15, 0.2) is 24.3 Å². The number of hydrogen-bond acceptors (Lipinski definition) is 1. The Morgan fingerprint density at radius 1 is 1.20 bits per heavy atom. The number of benzene rings is 1. The molecule has 2 nitrogen and oxygen atoms in total. The predicted octanol–water partition coefficient (Wildman–Crippen LogP) is 4.32. The van der Waals surface area contributed by atoms with Gasteiger partial charge < -0.3 is 4.90 Å². The number of piperidine rings is 1. The van der Waals surface area contributed by atoms with Gasteiger partial charge in [-0.15, -0.1) is 11.6 Å². The molecule has 1 amide bonds. The number of rotatable bonds is 2. The van der Waals surface area contributed by atoms with Gasteiger partial charge in [0.15, 0.2) is 0 Å².